The SMILES string of the molecule is OC(CCl)CNc1ccccc1-c1cc2nc(Cl)ccc2[nH]1. The number of anilines is 1. The van der Waals surface area contributed by atoms with Crippen LogP contribution in [0.25, 0.3) is 22.3 Å². The Morgan fingerprint density at radius 2 is 2.05 bits per heavy atom. The van der Waals surface area contributed by atoms with Gasteiger partial charge in [0.2, 0.25) is 0 Å². The van der Waals surface area contributed by atoms with Crippen molar-refractivity contribution < 1.29 is 5.11 Å². The molecule has 3 rings (SSSR count). The molecule has 0 aliphatic carbocycles. The number of para-hydroxylation sites is 1. The summed E-state index contributed by atoms with van der Waals surface area (Å²) >= 11 is 11.6. The van der Waals surface area contributed by atoms with Gasteiger partial charge < -0.3 is 15.4 Å². The molecule has 0 spiro atoms. The number of aromatic nitrogens is 2. The van der Waals surface area contributed by atoms with Crippen LogP contribution in [0, 0.1) is 0 Å². The highest BCUT2D eigenvalue weighted by Gasteiger charge is 2.10. The van der Waals surface area contributed by atoms with E-state index in [1.165, 1.54) is 0 Å². The lowest BCUT2D eigenvalue weighted by Crippen LogP contribution is -2.21. The lowest BCUT2D eigenvalue weighted by Gasteiger charge is -2.13. The highest BCUT2D eigenvalue weighted by molar-refractivity contribution is 6.29. The number of nitrogens with zero attached hydrogens (tertiary/aromatic N) is 1. The summed E-state index contributed by atoms with van der Waals surface area (Å²) in [5, 5.41) is 13.3. The predicted molar refractivity (Wildman–Crippen MR) is 91.8 cm³/mol. The van der Waals surface area contributed by atoms with Gasteiger partial charge in [0.15, 0.2) is 0 Å². The molecule has 3 N–H and O–H groups in total. The normalized spacial score (nSPS) is 12.5. The molecule has 114 valence electrons. The lowest BCUT2D eigenvalue weighted by atomic mass is 10.1. The monoisotopic (exact) mass is 335 g/mol. The molecule has 0 fully saturated rings. The largest absolute Gasteiger partial charge is 0.390 e. The van der Waals surface area contributed by atoms with Gasteiger partial charge in [0, 0.05) is 17.8 Å². The maximum absolute atomic E-state index is 9.60. The summed E-state index contributed by atoms with van der Waals surface area (Å²) in [6, 6.07) is 13.5. The predicted octanol–water partition coefficient (Wildman–Crippen LogP) is 3.89. The topological polar surface area (TPSA) is 60.9 Å². The first-order chi connectivity index (χ1) is 10.7. The van der Waals surface area contributed by atoms with Crippen molar-refractivity contribution in [2.24, 2.45) is 0 Å². The van der Waals surface area contributed by atoms with Crippen LogP contribution in [-0.4, -0.2) is 33.6 Å². The van der Waals surface area contributed by atoms with Gasteiger partial charge in [-0.15, -0.1) is 11.6 Å². The fourth-order valence-corrected chi connectivity index (χ4v) is 2.55. The average molecular weight is 336 g/mol. The molecule has 4 nitrogen and oxygen atoms in total. The Morgan fingerprint density at radius 3 is 2.86 bits per heavy atom. The van der Waals surface area contributed by atoms with Crippen LogP contribution in [0.4, 0.5) is 5.69 Å². The molecule has 0 bridgehead atoms. The van der Waals surface area contributed by atoms with Gasteiger partial charge in [-0.2, -0.15) is 0 Å². The van der Waals surface area contributed by atoms with E-state index in [4.69, 9.17) is 23.2 Å². The number of hydrogen-bond donors (Lipinski definition) is 3. The van der Waals surface area contributed by atoms with Gasteiger partial charge >= 0.3 is 0 Å². The third-order valence-electron chi connectivity index (χ3n) is 3.36. The third kappa shape index (κ3) is 3.19. The summed E-state index contributed by atoms with van der Waals surface area (Å²) in [7, 11) is 0. The lowest BCUT2D eigenvalue weighted by molar-refractivity contribution is 0.211. The number of nitrogens with one attached hydrogen (secondary N) is 2. The number of alkyl halides is 1. The maximum atomic E-state index is 9.60. The fourth-order valence-electron chi connectivity index (χ4n) is 2.28. The number of aliphatic hydroxyl groups excluding tert-OH is 1. The van der Waals surface area contributed by atoms with Gasteiger partial charge in [-0.1, -0.05) is 29.8 Å². The first-order valence-corrected chi connectivity index (χ1v) is 7.81. The van der Waals surface area contributed by atoms with Crippen LogP contribution in [-0.2, 0) is 0 Å². The van der Waals surface area contributed by atoms with E-state index in [1.54, 1.807) is 6.07 Å². The van der Waals surface area contributed by atoms with Crippen molar-refractivity contribution in [2.45, 2.75) is 6.10 Å². The van der Waals surface area contributed by atoms with E-state index in [2.05, 4.69) is 15.3 Å². The van der Waals surface area contributed by atoms with Crippen LogP contribution in [0.3, 0.4) is 0 Å². The minimum absolute atomic E-state index is 0.198. The summed E-state index contributed by atoms with van der Waals surface area (Å²) in [5.41, 5.74) is 4.60. The van der Waals surface area contributed by atoms with Gasteiger partial charge in [-0.05, 0) is 24.3 Å². The van der Waals surface area contributed by atoms with E-state index in [1.807, 2.05) is 36.4 Å². The highest BCUT2D eigenvalue weighted by atomic mass is 35.5. The van der Waals surface area contributed by atoms with Crippen molar-refractivity contribution in [1.29, 1.82) is 0 Å². The highest BCUT2D eigenvalue weighted by Crippen LogP contribution is 2.29. The van der Waals surface area contributed by atoms with Gasteiger partial charge in [0.1, 0.15) is 5.15 Å². The molecule has 0 saturated carbocycles. The van der Waals surface area contributed by atoms with Gasteiger partial charge in [0.05, 0.1) is 28.7 Å². The molecule has 0 amide bonds. The molecular formula is C16H15Cl2N3O. The molecule has 0 aliphatic rings. The number of H-pyrrole nitrogens is 1. The second-order valence-electron chi connectivity index (χ2n) is 4.98. The molecule has 22 heavy (non-hydrogen) atoms. The molecule has 6 heteroatoms. The fraction of sp³-hybridized carbons (Fsp3) is 0.188. The van der Waals surface area contributed by atoms with Crippen LogP contribution in [0.5, 0.6) is 0 Å². The Labute approximate surface area is 138 Å². The van der Waals surface area contributed by atoms with Crippen LogP contribution >= 0.6 is 23.2 Å². The smallest absolute Gasteiger partial charge is 0.129 e. The molecule has 3 aromatic rings. The Bertz CT molecular complexity index is 788. The number of rotatable bonds is 5. The van der Waals surface area contributed by atoms with Gasteiger partial charge in [-0.3, -0.25) is 0 Å². The Balaban J connectivity index is 1.95. The second kappa shape index (κ2) is 6.57. The van der Waals surface area contributed by atoms with Crippen molar-refractivity contribution in [3.05, 3.63) is 47.6 Å². The number of halogens is 2. The summed E-state index contributed by atoms with van der Waals surface area (Å²) in [6.45, 7) is 0.394. The number of aromatic amines is 1. The van der Waals surface area contributed by atoms with Crippen LogP contribution in [0.1, 0.15) is 0 Å². The van der Waals surface area contributed by atoms with Gasteiger partial charge in [0.25, 0.3) is 0 Å². The minimum Gasteiger partial charge on any atom is -0.390 e. The molecule has 1 unspecified atom stereocenters. The number of pyridine rings is 1. The Kier molecular flexibility index (Phi) is 4.52. The van der Waals surface area contributed by atoms with Crippen molar-refractivity contribution in [3.8, 4) is 11.3 Å². The van der Waals surface area contributed by atoms with E-state index >= 15 is 0 Å². The van der Waals surface area contributed by atoms with Crippen LogP contribution in [0.2, 0.25) is 5.15 Å². The van der Waals surface area contributed by atoms with Crippen molar-refractivity contribution in [3.63, 3.8) is 0 Å². The van der Waals surface area contributed by atoms with Gasteiger partial charge in [-0.25, -0.2) is 4.98 Å². The number of fused-ring (bicyclic) bond motifs is 1. The van der Waals surface area contributed by atoms with Crippen molar-refractivity contribution in [2.75, 3.05) is 17.7 Å². The molecule has 1 atom stereocenters. The second-order valence-corrected chi connectivity index (χ2v) is 5.68. The number of aliphatic hydroxyl groups is 1. The Morgan fingerprint density at radius 1 is 1.23 bits per heavy atom. The van der Waals surface area contributed by atoms with E-state index in [-0.39, 0.29) is 5.88 Å². The summed E-state index contributed by atoms with van der Waals surface area (Å²) in [6.07, 6.45) is -0.585. The first-order valence-electron chi connectivity index (χ1n) is 6.90. The standard InChI is InChI=1S/C16H15Cl2N3O/c17-8-10(22)9-19-12-4-2-1-3-11(12)14-7-15-13(20-14)5-6-16(18)21-15/h1-7,10,19-20,22H,8-9H2. The van der Waals surface area contributed by atoms with Crippen LogP contribution in [0.15, 0.2) is 42.5 Å². The average Bonchev–Trinajstić information content (AvgIpc) is 2.95. The van der Waals surface area contributed by atoms with E-state index < -0.39 is 6.10 Å². The quantitative estimate of drug-likeness (QED) is 0.489. The summed E-state index contributed by atoms with van der Waals surface area (Å²) in [5.74, 6) is 0.198. The van der Waals surface area contributed by atoms with Crippen LogP contribution < -0.4 is 5.32 Å². The molecule has 2 heterocycles. The molecule has 0 aliphatic heterocycles. The van der Waals surface area contributed by atoms with E-state index in [9.17, 15) is 5.11 Å². The molecule has 0 saturated heterocycles. The number of benzene rings is 1. The molecular weight excluding hydrogens is 321 g/mol. The Hall–Kier alpha value is -1.75. The maximum Gasteiger partial charge on any atom is 0.129 e. The molecule has 2 aromatic heterocycles. The third-order valence-corrected chi connectivity index (χ3v) is 3.93. The van der Waals surface area contributed by atoms with E-state index in [0.29, 0.717) is 11.7 Å². The summed E-state index contributed by atoms with van der Waals surface area (Å²) < 4.78 is 0. The summed E-state index contributed by atoms with van der Waals surface area (Å²) in [4.78, 5) is 7.63. The number of hydrogen-bond acceptors (Lipinski definition) is 3. The zero-order valence-corrected chi connectivity index (χ0v) is 13.2. The zero-order valence-electron chi connectivity index (χ0n) is 11.7. The first kappa shape index (κ1) is 15.2. The molecule has 0 radical (unpaired) electrons. The van der Waals surface area contributed by atoms with E-state index in [0.717, 1.165) is 28.0 Å². The van der Waals surface area contributed by atoms with Crippen molar-refractivity contribution >= 4 is 39.9 Å². The zero-order chi connectivity index (χ0) is 15.5. The van der Waals surface area contributed by atoms with Crippen molar-refractivity contribution in [1.82, 2.24) is 9.97 Å². The minimum atomic E-state index is -0.585. The molecule has 1 aromatic carbocycles.